The van der Waals surface area contributed by atoms with Gasteiger partial charge in [0.05, 0.1) is 0 Å². The molecule has 110 valence electrons. The van der Waals surface area contributed by atoms with Crippen molar-refractivity contribution in [3.63, 3.8) is 0 Å². The fourth-order valence-electron chi connectivity index (χ4n) is 2.36. The highest BCUT2D eigenvalue weighted by molar-refractivity contribution is 6.31. The minimum atomic E-state index is 0.0334. The molecule has 0 spiro atoms. The average Bonchev–Trinajstić information content (AvgIpc) is 2.39. The largest absolute Gasteiger partial charge is 0.384 e. The topological polar surface area (TPSA) is 53.1 Å². The molecule has 0 saturated carbocycles. The molecule has 0 aliphatic rings. The van der Waals surface area contributed by atoms with Crippen LogP contribution in [0.3, 0.4) is 0 Å². The van der Waals surface area contributed by atoms with Crippen molar-refractivity contribution in [1.82, 2.24) is 0 Å². The van der Waals surface area contributed by atoms with Crippen LogP contribution in [0.4, 0.5) is 5.69 Å². The van der Waals surface area contributed by atoms with Crippen LogP contribution in [0.2, 0.25) is 5.02 Å². The number of halogens is 1. The SMILES string of the molecule is Cc1cc(C)cc(N(C)Cc2ccc(C(=N)N)cc2Cl)c1. The molecule has 3 nitrogen and oxygen atoms in total. The van der Waals surface area contributed by atoms with E-state index in [2.05, 4.69) is 36.9 Å². The second kappa shape index (κ2) is 6.19. The van der Waals surface area contributed by atoms with Gasteiger partial charge in [0.1, 0.15) is 5.84 Å². The molecule has 2 aromatic carbocycles. The van der Waals surface area contributed by atoms with Crippen molar-refractivity contribution in [3.05, 3.63) is 63.7 Å². The van der Waals surface area contributed by atoms with E-state index in [-0.39, 0.29) is 5.84 Å². The molecule has 0 heterocycles. The Morgan fingerprint density at radius 2 is 1.76 bits per heavy atom. The first-order chi connectivity index (χ1) is 9.86. The van der Waals surface area contributed by atoms with Gasteiger partial charge in [0.15, 0.2) is 0 Å². The highest BCUT2D eigenvalue weighted by atomic mass is 35.5. The number of nitrogen functional groups attached to an aromatic ring is 1. The number of hydrogen-bond acceptors (Lipinski definition) is 2. The van der Waals surface area contributed by atoms with Crippen molar-refractivity contribution in [1.29, 1.82) is 5.41 Å². The van der Waals surface area contributed by atoms with E-state index in [0.717, 1.165) is 5.56 Å². The first-order valence-corrected chi connectivity index (χ1v) is 7.17. The van der Waals surface area contributed by atoms with Crippen LogP contribution < -0.4 is 10.6 Å². The molecule has 2 rings (SSSR count). The molecule has 3 N–H and O–H groups in total. The van der Waals surface area contributed by atoms with Crippen LogP contribution in [-0.4, -0.2) is 12.9 Å². The smallest absolute Gasteiger partial charge is 0.122 e. The first kappa shape index (κ1) is 15.4. The van der Waals surface area contributed by atoms with E-state index < -0.39 is 0 Å². The van der Waals surface area contributed by atoms with Crippen LogP contribution in [0.1, 0.15) is 22.3 Å². The van der Waals surface area contributed by atoms with Crippen LogP contribution in [0.5, 0.6) is 0 Å². The molecule has 0 aliphatic carbocycles. The number of hydrogen-bond donors (Lipinski definition) is 2. The Balaban J connectivity index is 2.23. The summed E-state index contributed by atoms with van der Waals surface area (Å²) in [5.41, 5.74) is 10.8. The summed E-state index contributed by atoms with van der Waals surface area (Å²) in [6.07, 6.45) is 0. The summed E-state index contributed by atoms with van der Waals surface area (Å²) >= 11 is 6.29. The molecular weight excluding hydrogens is 282 g/mol. The summed E-state index contributed by atoms with van der Waals surface area (Å²) in [7, 11) is 2.05. The first-order valence-electron chi connectivity index (χ1n) is 6.79. The monoisotopic (exact) mass is 301 g/mol. The Hall–Kier alpha value is -2.00. The van der Waals surface area contributed by atoms with Gasteiger partial charge in [-0.05, 0) is 48.7 Å². The molecule has 0 atom stereocenters. The van der Waals surface area contributed by atoms with Crippen LogP contribution in [-0.2, 0) is 6.54 Å². The zero-order valence-electron chi connectivity index (χ0n) is 12.6. The maximum Gasteiger partial charge on any atom is 0.122 e. The van der Waals surface area contributed by atoms with Crippen molar-refractivity contribution in [2.45, 2.75) is 20.4 Å². The molecule has 0 unspecified atom stereocenters. The predicted octanol–water partition coefficient (Wildman–Crippen LogP) is 3.88. The van der Waals surface area contributed by atoms with Crippen LogP contribution in [0.25, 0.3) is 0 Å². The Morgan fingerprint density at radius 3 is 2.29 bits per heavy atom. The fourth-order valence-corrected chi connectivity index (χ4v) is 2.60. The van der Waals surface area contributed by atoms with Gasteiger partial charge in [-0.3, -0.25) is 5.41 Å². The summed E-state index contributed by atoms with van der Waals surface area (Å²) < 4.78 is 0. The number of nitrogens with one attached hydrogen (secondary N) is 1. The Bertz CT molecular complexity index is 659. The normalized spacial score (nSPS) is 10.5. The number of anilines is 1. The molecule has 0 aromatic heterocycles. The zero-order chi connectivity index (χ0) is 15.6. The number of benzene rings is 2. The quantitative estimate of drug-likeness (QED) is 0.665. The van der Waals surface area contributed by atoms with E-state index in [1.165, 1.54) is 16.8 Å². The lowest BCUT2D eigenvalue weighted by molar-refractivity contribution is 0.921. The number of amidine groups is 1. The Labute approximate surface area is 130 Å². The van der Waals surface area contributed by atoms with Crippen molar-refractivity contribution in [2.75, 3.05) is 11.9 Å². The number of rotatable bonds is 4. The van der Waals surface area contributed by atoms with Crippen molar-refractivity contribution < 1.29 is 0 Å². The summed E-state index contributed by atoms with van der Waals surface area (Å²) in [5, 5.41) is 8.07. The predicted molar refractivity (Wildman–Crippen MR) is 90.5 cm³/mol. The van der Waals surface area contributed by atoms with Gasteiger partial charge in [0, 0.05) is 29.9 Å². The van der Waals surface area contributed by atoms with Crippen molar-refractivity contribution in [3.8, 4) is 0 Å². The molecule has 4 heteroatoms. The number of nitrogens with two attached hydrogens (primary N) is 1. The van der Waals surface area contributed by atoms with E-state index in [0.29, 0.717) is 17.1 Å². The Morgan fingerprint density at radius 1 is 1.14 bits per heavy atom. The van der Waals surface area contributed by atoms with Gasteiger partial charge in [-0.2, -0.15) is 0 Å². The molecule has 0 aliphatic heterocycles. The van der Waals surface area contributed by atoms with Gasteiger partial charge in [-0.25, -0.2) is 0 Å². The standard InChI is InChI=1S/C17H20ClN3/c1-11-6-12(2)8-15(7-11)21(3)10-14-5-4-13(17(19)20)9-16(14)18/h4-9H,10H2,1-3H3,(H3,19,20). The lowest BCUT2D eigenvalue weighted by Gasteiger charge is -2.21. The third kappa shape index (κ3) is 3.76. The van der Waals surface area contributed by atoms with Crippen LogP contribution in [0, 0.1) is 19.3 Å². The third-order valence-corrected chi connectivity index (χ3v) is 3.77. The van der Waals surface area contributed by atoms with Gasteiger partial charge < -0.3 is 10.6 Å². The summed E-state index contributed by atoms with van der Waals surface area (Å²) in [6.45, 7) is 4.90. The maximum atomic E-state index is 7.43. The maximum absolute atomic E-state index is 7.43. The molecule has 0 radical (unpaired) electrons. The molecule has 0 amide bonds. The molecule has 21 heavy (non-hydrogen) atoms. The van der Waals surface area contributed by atoms with Gasteiger partial charge in [-0.1, -0.05) is 29.8 Å². The average molecular weight is 302 g/mol. The summed E-state index contributed by atoms with van der Waals surface area (Å²) in [5.74, 6) is 0.0334. The number of nitrogens with zero attached hydrogens (tertiary/aromatic N) is 1. The van der Waals surface area contributed by atoms with Crippen molar-refractivity contribution >= 4 is 23.1 Å². The van der Waals surface area contributed by atoms with Crippen LogP contribution in [0.15, 0.2) is 36.4 Å². The van der Waals surface area contributed by atoms with Gasteiger partial charge in [0.25, 0.3) is 0 Å². The van der Waals surface area contributed by atoms with Gasteiger partial charge >= 0.3 is 0 Å². The second-order valence-corrected chi connectivity index (χ2v) is 5.83. The van der Waals surface area contributed by atoms with E-state index >= 15 is 0 Å². The lowest BCUT2D eigenvalue weighted by atomic mass is 10.1. The van der Waals surface area contributed by atoms with Gasteiger partial charge in [-0.15, -0.1) is 0 Å². The molecule has 0 saturated heterocycles. The zero-order valence-corrected chi connectivity index (χ0v) is 13.3. The molecule has 0 bridgehead atoms. The minimum Gasteiger partial charge on any atom is -0.384 e. The molecule has 0 fully saturated rings. The van der Waals surface area contributed by atoms with E-state index in [9.17, 15) is 0 Å². The van der Waals surface area contributed by atoms with E-state index in [4.69, 9.17) is 22.7 Å². The molecule has 2 aromatic rings. The minimum absolute atomic E-state index is 0.0334. The highest BCUT2D eigenvalue weighted by Crippen LogP contribution is 2.23. The summed E-state index contributed by atoms with van der Waals surface area (Å²) in [4.78, 5) is 2.16. The summed E-state index contributed by atoms with van der Waals surface area (Å²) in [6, 6.07) is 12.0. The highest BCUT2D eigenvalue weighted by Gasteiger charge is 2.08. The molecular formula is C17H20ClN3. The van der Waals surface area contributed by atoms with E-state index in [1.54, 1.807) is 6.07 Å². The lowest BCUT2D eigenvalue weighted by Crippen LogP contribution is -2.17. The van der Waals surface area contributed by atoms with Crippen molar-refractivity contribution in [2.24, 2.45) is 5.73 Å². The third-order valence-electron chi connectivity index (χ3n) is 3.42. The van der Waals surface area contributed by atoms with Gasteiger partial charge in [0.2, 0.25) is 0 Å². The van der Waals surface area contributed by atoms with Crippen LogP contribution >= 0.6 is 11.6 Å². The fraction of sp³-hybridized carbons (Fsp3) is 0.235. The van der Waals surface area contributed by atoms with E-state index in [1.807, 2.05) is 19.2 Å². The second-order valence-electron chi connectivity index (χ2n) is 5.42. The number of aryl methyl sites for hydroxylation is 2. The Kier molecular flexibility index (Phi) is 4.53.